The molecule has 0 aliphatic heterocycles. The number of nitriles is 1. The maximum Gasteiger partial charge on any atom is 0.387 e. The summed E-state index contributed by atoms with van der Waals surface area (Å²) in [6.45, 7) is -1.10. The second kappa shape index (κ2) is 9.78. The summed E-state index contributed by atoms with van der Waals surface area (Å²) in [6.07, 6.45) is 0. The molecule has 1 amide bonds. The van der Waals surface area contributed by atoms with E-state index in [9.17, 15) is 13.6 Å². The molecule has 2 aromatic rings. The van der Waals surface area contributed by atoms with Crippen LogP contribution in [-0.4, -0.2) is 18.3 Å². The Labute approximate surface area is 155 Å². The zero-order valence-corrected chi connectivity index (χ0v) is 14.9. The third kappa shape index (κ3) is 6.37. The summed E-state index contributed by atoms with van der Waals surface area (Å²) in [7, 11) is 0. The fourth-order valence-electron chi connectivity index (χ4n) is 2.26. The van der Waals surface area contributed by atoms with E-state index in [1.807, 2.05) is 12.1 Å². The molecule has 136 valence electrons. The summed E-state index contributed by atoms with van der Waals surface area (Å²) in [4.78, 5) is 12.1. The van der Waals surface area contributed by atoms with Crippen molar-refractivity contribution in [3.8, 4) is 11.8 Å². The van der Waals surface area contributed by atoms with E-state index >= 15 is 0 Å². The van der Waals surface area contributed by atoms with Crippen molar-refractivity contribution >= 4 is 17.7 Å². The third-order valence-corrected chi connectivity index (χ3v) is 4.55. The molecule has 7 heteroatoms. The molecule has 0 aromatic heterocycles. The molecule has 0 saturated heterocycles. The van der Waals surface area contributed by atoms with Gasteiger partial charge in [-0.05, 0) is 42.3 Å². The quantitative estimate of drug-likeness (QED) is 0.747. The first kappa shape index (κ1) is 19.7. The fraction of sp³-hybridized carbons (Fsp3) is 0.263. The predicted molar refractivity (Wildman–Crippen MR) is 97.0 cm³/mol. The van der Waals surface area contributed by atoms with Crippen LogP contribution in [-0.2, 0) is 10.5 Å². The number of nitrogens with zero attached hydrogens (tertiary/aromatic N) is 1. The molecular weight excluding hydrogens is 358 g/mol. The van der Waals surface area contributed by atoms with E-state index in [1.165, 1.54) is 23.9 Å². The van der Waals surface area contributed by atoms with Crippen LogP contribution in [0.3, 0.4) is 0 Å². The minimum absolute atomic E-state index is 0.0637. The number of carbonyl (C=O) groups is 1. The van der Waals surface area contributed by atoms with Crippen LogP contribution in [0.4, 0.5) is 8.78 Å². The summed E-state index contributed by atoms with van der Waals surface area (Å²) in [5, 5.41) is 11.6. The smallest absolute Gasteiger partial charge is 0.387 e. The zero-order chi connectivity index (χ0) is 18.9. The van der Waals surface area contributed by atoms with Gasteiger partial charge >= 0.3 is 6.61 Å². The number of benzene rings is 2. The van der Waals surface area contributed by atoms with Crippen molar-refractivity contribution in [3.63, 3.8) is 0 Å². The van der Waals surface area contributed by atoms with Crippen molar-refractivity contribution in [3.05, 3.63) is 65.2 Å². The van der Waals surface area contributed by atoms with Crippen molar-refractivity contribution in [2.45, 2.75) is 25.3 Å². The lowest BCUT2D eigenvalue weighted by molar-refractivity contribution is -0.119. The molecule has 0 radical (unpaired) electrons. The van der Waals surface area contributed by atoms with Gasteiger partial charge < -0.3 is 10.1 Å². The Morgan fingerprint density at radius 2 is 2.00 bits per heavy atom. The number of amides is 1. The molecule has 0 aliphatic rings. The number of alkyl halides is 2. The molecule has 4 nitrogen and oxygen atoms in total. The van der Waals surface area contributed by atoms with E-state index < -0.39 is 6.61 Å². The molecule has 1 atom stereocenters. The highest BCUT2D eigenvalue weighted by Gasteiger charge is 2.12. The van der Waals surface area contributed by atoms with Gasteiger partial charge in [0.25, 0.3) is 0 Å². The van der Waals surface area contributed by atoms with Crippen molar-refractivity contribution in [2.24, 2.45) is 0 Å². The number of carbonyl (C=O) groups excluding carboxylic acids is 1. The van der Waals surface area contributed by atoms with Crippen LogP contribution in [0.2, 0.25) is 0 Å². The van der Waals surface area contributed by atoms with Gasteiger partial charge in [-0.2, -0.15) is 14.0 Å². The van der Waals surface area contributed by atoms with Gasteiger partial charge in [0.05, 0.1) is 23.4 Å². The zero-order valence-electron chi connectivity index (χ0n) is 14.1. The topological polar surface area (TPSA) is 62.1 Å². The van der Waals surface area contributed by atoms with Crippen LogP contribution in [0, 0.1) is 11.3 Å². The Hall–Kier alpha value is -2.59. The van der Waals surface area contributed by atoms with E-state index in [2.05, 4.69) is 16.1 Å². The number of nitrogens with one attached hydrogen (secondary N) is 1. The van der Waals surface area contributed by atoms with Gasteiger partial charge in [-0.1, -0.05) is 24.3 Å². The summed E-state index contributed by atoms with van der Waals surface area (Å²) in [5.74, 6) is 0.855. The van der Waals surface area contributed by atoms with E-state index in [1.54, 1.807) is 31.2 Å². The molecule has 0 saturated carbocycles. The van der Waals surface area contributed by atoms with Crippen molar-refractivity contribution in [1.82, 2.24) is 5.32 Å². The Kier molecular flexibility index (Phi) is 7.42. The first-order chi connectivity index (χ1) is 12.5. The molecule has 2 aromatic carbocycles. The van der Waals surface area contributed by atoms with Gasteiger partial charge in [0, 0.05) is 5.75 Å². The van der Waals surface area contributed by atoms with Gasteiger partial charge in [0.2, 0.25) is 5.91 Å². The van der Waals surface area contributed by atoms with E-state index in [0.717, 1.165) is 5.56 Å². The molecule has 2 rings (SSSR count). The number of hydrogen-bond donors (Lipinski definition) is 1. The first-order valence-corrected chi connectivity index (χ1v) is 9.04. The number of hydrogen-bond acceptors (Lipinski definition) is 4. The lowest BCUT2D eigenvalue weighted by atomic mass is 10.1. The van der Waals surface area contributed by atoms with Crippen LogP contribution in [0.15, 0.2) is 48.5 Å². The summed E-state index contributed by atoms with van der Waals surface area (Å²) >= 11 is 1.46. The summed E-state index contributed by atoms with van der Waals surface area (Å²) in [5.41, 5.74) is 2.32. The van der Waals surface area contributed by atoms with Gasteiger partial charge in [0.1, 0.15) is 5.75 Å². The summed E-state index contributed by atoms with van der Waals surface area (Å²) < 4.78 is 28.9. The second-order valence-corrected chi connectivity index (χ2v) is 6.53. The molecule has 0 aliphatic carbocycles. The fourth-order valence-corrected chi connectivity index (χ4v) is 3.06. The average Bonchev–Trinajstić information content (AvgIpc) is 2.62. The molecule has 1 N–H and O–H groups in total. The Bertz CT molecular complexity index is 776. The molecular formula is C19H18F2N2O2S. The number of ether oxygens (including phenoxy) is 1. The highest BCUT2D eigenvalue weighted by atomic mass is 32.2. The van der Waals surface area contributed by atoms with Crippen LogP contribution < -0.4 is 10.1 Å². The van der Waals surface area contributed by atoms with Gasteiger partial charge in [0.15, 0.2) is 0 Å². The van der Waals surface area contributed by atoms with Crippen molar-refractivity contribution in [2.75, 3.05) is 5.75 Å². The molecule has 0 heterocycles. The standard InChI is InChI=1S/C19H18F2N2O2S/c1-13(16-3-2-4-17(9-16)25-19(20)21)23-18(24)12-26-11-15-7-5-14(10-22)6-8-15/h2-9,13,19H,11-12H2,1H3,(H,23,24). The normalized spacial score (nSPS) is 11.7. The van der Waals surface area contributed by atoms with Gasteiger partial charge in [-0.3, -0.25) is 4.79 Å². The second-order valence-electron chi connectivity index (χ2n) is 5.54. The molecule has 0 bridgehead atoms. The lowest BCUT2D eigenvalue weighted by Crippen LogP contribution is -2.28. The average molecular weight is 376 g/mol. The van der Waals surface area contributed by atoms with E-state index in [-0.39, 0.29) is 23.5 Å². The Morgan fingerprint density at radius 3 is 2.65 bits per heavy atom. The maximum atomic E-state index is 12.3. The maximum absolute atomic E-state index is 12.3. The van der Waals surface area contributed by atoms with E-state index in [0.29, 0.717) is 16.9 Å². The number of halogens is 2. The highest BCUT2D eigenvalue weighted by molar-refractivity contribution is 7.99. The molecule has 0 spiro atoms. The van der Waals surface area contributed by atoms with E-state index in [4.69, 9.17) is 5.26 Å². The molecule has 1 unspecified atom stereocenters. The lowest BCUT2D eigenvalue weighted by Gasteiger charge is -2.15. The van der Waals surface area contributed by atoms with Gasteiger partial charge in [-0.15, -0.1) is 11.8 Å². The highest BCUT2D eigenvalue weighted by Crippen LogP contribution is 2.21. The Morgan fingerprint density at radius 1 is 1.27 bits per heavy atom. The van der Waals surface area contributed by atoms with Crippen LogP contribution in [0.25, 0.3) is 0 Å². The van der Waals surface area contributed by atoms with Crippen LogP contribution in [0.5, 0.6) is 5.75 Å². The number of rotatable bonds is 8. The van der Waals surface area contributed by atoms with Crippen molar-refractivity contribution in [1.29, 1.82) is 5.26 Å². The van der Waals surface area contributed by atoms with Crippen molar-refractivity contribution < 1.29 is 18.3 Å². The van der Waals surface area contributed by atoms with Crippen LogP contribution in [0.1, 0.15) is 29.7 Å². The minimum Gasteiger partial charge on any atom is -0.435 e. The molecule has 26 heavy (non-hydrogen) atoms. The SMILES string of the molecule is CC(NC(=O)CSCc1ccc(C#N)cc1)c1cccc(OC(F)F)c1. The predicted octanol–water partition coefficient (Wildman–Crippen LogP) is 4.27. The van der Waals surface area contributed by atoms with Gasteiger partial charge in [-0.25, -0.2) is 0 Å². The third-order valence-electron chi connectivity index (χ3n) is 3.55. The monoisotopic (exact) mass is 376 g/mol. The largest absolute Gasteiger partial charge is 0.435 e. The summed E-state index contributed by atoms with van der Waals surface area (Å²) in [6, 6.07) is 15.2. The number of thioether (sulfide) groups is 1. The Balaban J connectivity index is 1.80. The molecule has 0 fully saturated rings. The minimum atomic E-state index is -2.88. The van der Waals surface area contributed by atoms with Crippen LogP contribution >= 0.6 is 11.8 Å². The first-order valence-electron chi connectivity index (χ1n) is 7.89.